The van der Waals surface area contributed by atoms with E-state index in [-0.39, 0.29) is 5.91 Å². The fourth-order valence-electron chi connectivity index (χ4n) is 3.47. The molecule has 0 saturated carbocycles. The number of rotatable bonds is 6. The van der Waals surface area contributed by atoms with Gasteiger partial charge in [-0.05, 0) is 42.7 Å². The lowest BCUT2D eigenvalue weighted by Gasteiger charge is -2.35. The first-order chi connectivity index (χ1) is 13.0. The average molecular weight is 403 g/mol. The number of hydrogen-bond acceptors (Lipinski definition) is 6. The zero-order chi connectivity index (χ0) is 19.2. The second-order valence-electron chi connectivity index (χ2n) is 7.13. The second kappa shape index (κ2) is 9.46. The summed E-state index contributed by atoms with van der Waals surface area (Å²) in [7, 11) is 0. The minimum absolute atomic E-state index is 0.0290. The zero-order valence-electron chi connectivity index (χ0n) is 16.0. The number of aromatic nitrogens is 2. The number of nitrogens with zero attached hydrogens (tertiary/aromatic N) is 3. The van der Waals surface area contributed by atoms with Gasteiger partial charge < -0.3 is 10.2 Å². The quantitative estimate of drug-likeness (QED) is 0.570. The Morgan fingerprint density at radius 3 is 2.74 bits per heavy atom. The highest BCUT2D eigenvalue weighted by Crippen LogP contribution is 2.27. The van der Waals surface area contributed by atoms with Crippen LogP contribution in [0.4, 0.5) is 11.5 Å². The van der Waals surface area contributed by atoms with Crippen LogP contribution in [-0.4, -0.2) is 41.0 Å². The molecule has 2 atom stereocenters. The van der Waals surface area contributed by atoms with Crippen LogP contribution in [0.1, 0.15) is 20.3 Å². The molecule has 1 aromatic heterocycles. The van der Waals surface area contributed by atoms with Crippen molar-refractivity contribution in [1.29, 1.82) is 0 Å². The van der Waals surface area contributed by atoms with Gasteiger partial charge in [0.1, 0.15) is 17.2 Å². The van der Waals surface area contributed by atoms with Crippen molar-refractivity contribution in [3.63, 3.8) is 0 Å². The Hall–Kier alpha value is -1.73. The maximum atomic E-state index is 12.3. The van der Waals surface area contributed by atoms with E-state index < -0.39 is 0 Å². The van der Waals surface area contributed by atoms with E-state index in [0.29, 0.717) is 17.6 Å². The van der Waals surface area contributed by atoms with Crippen LogP contribution in [0, 0.1) is 11.8 Å². The highest BCUT2D eigenvalue weighted by molar-refractivity contribution is 8.00. The summed E-state index contributed by atoms with van der Waals surface area (Å²) in [6.07, 6.45) is 4.88. The molecule has 5 nitrogen and oxygen atoms in total. The lowest BCUT2D eigenvalue weighted by Crippen LogP contribution is -2.39. The predicted octanol–water partition coefficient (Wildman–Crippen LogP) is 4.41. The molecule has 1 aliphatic heterocycles. The summed E-state index contributed by atoms with van der Waals surface area (Å²) in [5.74, 6) is 2.59. The van der Waals surface area contributed by atoms with Crippen molar-refractivity contribution in [2.75, 3.05) is 35.3 Å². The van der Waals surface area contributed by atoms with Gasteiger partial charge in [-0.25, -0.2) is 9.97 Å². The number of anilines is 2. The molecule has 0 bridgehead atoms. The molecule has 1 fully saturated rings. The highest BCUT2D eigenvalue weighted by atomic mass is 32.2. The number of benzene rings is 1. The van der Waals surface area contributed by atoms with E-state index in [1.807, 2.05) is 36.6 Å². The van der Waals surface area contributed by atoms with Crippen LogP contribution in [0.25, 0.3) is 0 Å². The molecule has 144 valence electrons. The molecule has 27 heavy (non-hydrogen) atoms. The van der Waals surface area contributed by atoms with Crippen molar-refractivity contribution in [2.45, 2.75) is 30.2 Å². The maximum absolute atomic E-state index is 12.3. The topological polar surface area (TPSA) is 58.1 Å². The first kappa shape index (κ1) is 20.0. The lowest BCUT2D eigenvalue weighted by molar-refractivity contribution is -0.113. The number of carbonyl (C=O) groups excluding carboxylic acids is 1. The molecule has 0 spiro atoms. The largest absolute Gasteiger partial charge is 0.356 e. The molecule has 7 heteroatoms. The molecule has 0 unspecified atom stereocenters. The summed E-state index contributed by atoms with van der Waals surface area (Å²) in [4.78, 5) is 24.5. The third-order valence-corrected chi connectivity index (χ3v) is 6.18. The fourth-order valence-corrected chi connectivity index (χ4v) is 4.59. The standard InChI is InChI=1S/C20H26N4OS2/c1-14-7-15(2)11-24(10-14)18-9-20(22-13-21-18)27-12-19(25)23-16-5-4-6-17(8-16)26-3/h4-6,8-9,13-15H,7,10-12H2,1-3H3,(H,23,25)/t14-,15-/m1/s1. The van der Waals surface area contributed by atoms with E-state index in [2.05, 4.69) is 34.0 Å². The summed E-state index contributed by atoms with van der Waals surface area (Å²) in [5, 5.41) is 3.78. The number of carbonyl (C=O) groups is 1. The van der Waals surface area contributed by atoms with Gasteiger partial charge in [0.05, 0.1) is 5.75 Å². The molecule has 1 aromatic carbocycles. The Kier molecular flexibility index (Phi) is 7.01. The average Bonchev–Trinajstić information content (AvgIpc) is 2.66. The summed E-state index contributed by atoms with van der Waals surface area (Å²) in [6.45, 7) is 6.63. The molecule has 1 aliphatic rings. The second-order valence-corrected chi connectivity index (χ2v) is 9.01. The molecule has 2 aromatic rings. The normalized spacial score (nSPS) is 19.7. The van der Waals surface area contributed by atoms with Crippen LogP contribution in [0.3, 0.4) is 0 Å². The summed E-state index contributed by atoms with van der Waals surface area (Å²) >= 11 is 3.10. The van der Waals surface area contributed by atoms with Crippen molar-refractivity contribution in [3.8, 4) is 0 Å². The van der Waals surface area contributed by atoms with Crippen molar-refractivity contribution < 1.29 is 4.79 Å². The van der Waals surface area contributed by atoms with Crippen LogP contribution in [-0.2, 0) is 4.79 Å². The number of thioether (sulfide) groups is 2. The van der Waals surface area contributed by atoms with Crippen LogP contribution in [0.2, 0.25) is 0 Å². The van der Waals surface area contributed by atoms with E-state index in [1.165, 1.54) is 18.2 Å². The molecule has 0 aliphatic carbocycles. The van der Waals surface area contributed by atoms with Gasteiger partial charge in [0.2, 0.25) is 5.91 Å². The zero-order valence-corrected chi connectivity index (χ0v) is 17.6. The summed E-state index contributed by atoms with van der Waals surface area (Å²) in [5.41, 5.74) is 0.826. The predicted molar refractivity (Wildman–Crippen MR) is 115 cm³/mol. The maximum Gasteiger partial charge on any atom is 0.234 e. The Labute approximate surface area is 169 Å². The minimum atomic E-state index is -0.0290. The highest BCUT2D eigenvalue weighted by Gasteiger charge is 2.23. The van der Waals surface area contributed by atoms with Gasteiger partial charge in [-0.3, -0.25) is 4.79 Å². The van der Waals surface area contributed by atoms with Crippen LogP contribution >= 0.6 is 23.5 Å². The third kappa shape index (κ3) is 5.87. The van der Waals surface area contributed by atoms with E-state index >= 15 is 0 Å². The molecule has 1 saturated heterocycles. The first-order valence-corrected chi connectivity index (χ1v) is 11.4. The smallest absolute Gasteiger partial charge is 0.234 e. The number of piperidine rings is 1. The molecule has 0 radical (unpaired) electrons. The van der Waals surface area contributed by atoms with Crippen LogP contribution < -0.4 is 10.2 Å². The van der Waals surface area contributed by atoms with Gasteiger partial charge in [-0.1, -0.05) is 31.7 Å². The Bertz CT molecular complexity index is 776. The molecular formula is C20H26N4OS2. The molecule has 2 heterocycles. The van der Waals surface area contributed by atoms with Crippen molar-refractivity contribution in [3.05, 3.63) is 36.7 Å². The molecule has 1 N–H and O–H groups in total. The van der Waals surface area contributed by atoms with E-state index in [1.54, 1.807) is 18.1 Å². The first-order valence-electron chi connectivity index (χ1n) is 9.17. The number of hydrogen-bond donors (Lipinski definition) is 1. The monoisotopic (exact) mass is 402 g/mol. The van der Waals surface area contributed by atoms with Gasteiger partial charge in [0.15, 0.2) is 0 Å². The van der Waals surface area contributed by atoms with Crippen LogP contribution in [0.5, 0.6) is 0 Å². The fraction of sp³-hybridized carbons (Fsp3) is 0.450. The van der Waals surface area contributed by atoms with Crippen LogP contribution in [0.15, 0.2) is 46.6 Å². The van der Waals surface area contributed by atoms with E-state index in [0.717, 1.165) is 34.5 Å². The lowest BCUT2D eigenvalue weighted by atomic mass is 9.92. The Morgan fingerprint density at radius 1 is 1.22 bits per heavy atom. The number of amides is 1. The van der Waals surface area contributed by atoms with Gasteiger partial charge in [0, 0.05) is 29.7 Å². The van der Waals surface area contributed by atoms with Crippen molar-refractivity contribution in [2.24, 2.45) is 11.8 Å². The SMILES string of the molecule is CSc1cccc(NC(=O)CSc2cc(N3C[C@H](C)C[C@@H](C)C3)ncn2)c1. The number of nitrogens with one attached hydrogen (secondary N) is 1. The van der Waals surface area contributed by atoms with Gasteiger partial charge >= 0.3 is 0 Å². The molecule has 3 rings (SSSR count). The molecule has 1 amide bonds. The van der Waals surface area contributed by atoms with E-state index in [4.69, 9.17) is 0 Å². The van der Waals surface area contributed by atoms with Gasteiger partial charge in [-0.15, -0.1) is 11.8 Å². The summed E-state index contributed by atoms with van der Waals surface area (Å²) in [6, 6.07) is 9.86. The Balaban J connectivity index is 1.57. The van der Waals surface area contributed by atoms with Crippen molar-refractivity contribution in [1.82, 2.24) is 9.97 Å². The third-order valence-electron chi connectivity index (χ3n) is 4.53. The van der Waals surface area contributed by atoms with Crippen molar-refractivity contribution >= 4 is 40.9 Å². The summed E-state index contributed by atoms with van der Waals surface area (Å²) < 4.78 is 0. The molecular weight excluding hydrogens is 376 g/mol. The van der Waals surface area contributed by atoms with Gasteiger partial charge in [-0.2, -0.15) is 0 Å². The van der Waals surface area contributed by atoms with E-state index in [9.17, 15) is 4.79 Å². The van der Waals surface area contributed by atoms with Gasteiger partial charge in [0.25, 0.3) is 0 Å². The Morgan fingerprint density at radius 2 is 2.00 bits per heavy atom. The minimum Gasteiger partial charge on any atom is -0.356 e.